The molecule has 6 heteroatoms. The average Bonchev–Trinajstić information content (AvgIpc) is 2.78. The zero-order chi connectivity index (χ0) is 20.5. The predicted molar refractivity (Wildman–Crippen MR) is 114 cm³/mol. The van der Waals surface area contributed by atoms with Crippen LogP contribution in [0.5, 0.6) is 11.5 Å². The first-order chi connectivity index (χ1) is 14.2. The van der Waals surface area contributed by atoms with Crippen molar-refractivity contribution in [3.05, 3.63) is 60.2 Å². The van der Waals surface area contributed by atoms with E-state index in [4.69, 9.17) is 9.47 Å². The summed E-state index contributed by atoms with van der Waals surface area (Å²) in [4.78, 5) is 17.2. The third kappa shape index (κ3) is 6.21. The number of nitrogens with zero attached hydrogens (tertiary/aromatic N) is 2. The van der Waals surface area contributed by atoms with Gasteiger partial charge in [0.05, 0.1) is 13.2 Å². The van der Waals surface area contributed by atoms with Crippen LogP contribution in [0.2, 0.25) is 0 Å². The molecule has 1 unspecified atom stereocenters. The summed E-state index contributed by atoms with van der Waals surface area (Å²) in [6, 6.07) is 17.5. The summed E-state index contributed by atoms with van der Waals surface area (Å²) >= 11 is 0. The summed E-state index contributed by atoms with van der Waals surface area (Å²) in [5.74, 6) is 1.76. The number of carbonyl (C=O) groups is 1. The third-order valence-corrected chi connectivity index (χ3v) is 5.40. The molecule has 0 spiro atoms. The van der Waals surface area contributed by atoms with Crippen LogP contribution in [0.1, 0.15) is 12.5 Å². The van der Waals surface area contributed by atoms with Crippen LogP contribution in [0.3, 0.4) is 0 Å². The molecule has 156 valence electrons. The number of amides is 1. The zero-order valence-electron chi connectivity index (χ0n) is 17.3. The summed E-state index contributed by atoms with van der Waals surface area (Å²) in [5, 5.41) is 3.04. The Kier molecular flexibility index (Phi) is 7.90. The molecule has 1 saturated heterocycles. The number of hydrogen-bond donors (Lipinski definition) is 1. The summed E-state index contributed by atoms with van der Waals surface area (Å²) in [5.41, 5.74) is 0.985. The van der Waals surface area contributed by atoms with Crippen LogP contribution in [0, 0.1) is 0 Å². The van der Waals surface area contributed by atoms with E-state index in [0.717, 1.165) is 49.8 Å². The lowest BCUT2D eigenvalue weighted by atomic mass is 10.1. The summed E-state index contributed by atoms with van der Waals surface area (Å²) in [6.45, 7) is 7.69. The number of piperazine rings is 1. The Balaban J connectivity index is 1.37. The molecular weight excluding hydrogens is 366 g/mol. The molecule has 1 atom stereocenters. The highest BCUT2D eigenvalue weighted by Gasteiger charge is 2.25. The topological polar surface area (TPSA) is 54.0 Å². The number of hydrogen-bond acceptors (Lipinski definition) is 5. The van der Waals surface area contributed by atoms with Crippen molar-refractivity contribution >= 4 is 5.91 Å². The lowest BCUT2D eigenvalue weighted by Crippen LogP contribution is -2.54. The van der Waals surface area contributed by atoms with Crippen LogP contribution < -0.4 is 14.8 Å². The second-order valence-electron chi connectivity index (χ2n) is 7.24. The van der Waals surface area contributed by atoms with Gasteiger partial charge in [-0.25, -0.2) is 0 Å². The Morgan fingerprint density at radius 2 is 1.72 bits per heavy atom. The molecule has 1 amide bonds. The quantitative estimate of drug-likeness (QED) is 0.704. The molecule has 0 aromatic heterocycles. The Hall–Kier alpha value is -2.57. The number of ether oxygens (including phenoxy) is 2. The van der Waals surface area contributed by atoms with Gasteiger partial charge in [0.25, 0.3) is 0 Å². The Morgan fingerprint density at radius 3 is 2.45 bits per heavy atom. The smallest absolute Gasteiger partial charge is 0.237 e. The van der Waals surface area contributed by atoms with Crippen molar-refractivity contribution in [1.29, 1.82) is 0 Å². The number of para-hydroxylation sites is 2. The van der Waals surface area contributed by atoms with Crippen LogP contribution in [0.15, 0.2) is 54.6 Å². The van der Waals surface area contributed by atoms with Crippen molar-refractivity contribution in [3.63, 3.8) is 0 Å². The minimum Gasteiger partial charge on any atom is -0.496 e. The lowest BCUT2D eigenvalue weighted by molar-refractivity contribution is -0.126. The molecule has 1 heterocycles. The highest BCUT2D eigenvalue weighted by molar-refractivity contribution is 5.81. The minimum atomic E-state index is -0.146. The summed E-state index contributed by atoms with van der Waals surface area (Å²) < 4.78 is 11.1. The van der Waals surface area contributed by atoms with Crippen molar-refractivity contribution in [2.45, 2.75) is 19.5 Å². The second kappa shape index (κ2) is 10.8. The molecular formula is C23H31N3O3. The van der Waals surface area contributed by atoms with Gasteiger partial charge in [-0.3, -0.25) is 14.6 Å². The van der Waals surface area contributed by atoms with Crippen molar-refractivity contribution in [2.75, 3.05) is 46.4 Å². The van der Waals surface area contributed by atoms with Crippen LogP contribution in [0.25, 0.3) is 0 Å². The first-order valence-corrected chi connectivity index (χ1v) is 10.2. The van der Waals surface area contributed by atoms with E-state index in [0.29, 0.717) is 13.2 Å². The van der Waals surface area contributed by atoms with Crippen molar-refractivity contribution < 1.29 is 14.3 Å². The van der Waals surface area contributed by atoms with Gasteiger partial charge in [0.15, 0.2) is 0 Å². The van der Waals surface area contributed by atoms with Gasteiger partial charge in [0.1, 0.15) is 18.1 Å². The number of methoxy groups -OCH3 is 1. The van der Waals surface area contributed by atoms with Crippen LogP contribution >= 0.6 is 0 Å². The maximum absolute atomic E-state index is 12.6. The molecule has 1 aliphatic heterocycles. The van der Waals surface area contributed by atoms with E-state index in [2.05, 4.69) is 15.1 Å². The van der Waals surface area contributed by atoms with E-state index in [9.17, 15) is 4.79 Å². The largest absolute Gasteiger partial charge is 0.496 e. The fourth-order valence-corrected chi connectivity index (χ4v) is 3.53. The summed E-state index contributed by atoms with van der Waals surface area (Å²) in [6.07, 6.45) is 0. The number of nitrogens with one attached hydrogen (secondary N) is 1. The van der Waals surface area contributed by atoms with E-state index >= 15 is 0 Å². The Bertz CT molecular complexity index is 761. The minimum absolute atomic E-state index is 0.0526. The van der Waals surface area contributed by atoms with E-state index in [1.807, 2.05) is 61.5 Å². The van der Waals surface area contributed by atoms with Gasteiger partial charge in [0, 0.05) is 44.8 Å². The normalized spacial score (nSPS) is 16.2. The van der Waals surface area contributed by atoms with E-state index < -0.39 is 0 Å². The first kappa shape index (κ1) is 21.1. The first-order valence-electron chi connectivity index (χ1n) is 10.2. The molecule has 1 N–H and O–H groups in total. The van der Waals surface area contributed by atoms with Gasteiger partial charge in [-0.15, -0.1) is 0 Å². The van der Waals surface area contributed by atoms with Crippen LogP contribution in [-0.2, 0) is 11.3 Å². The molecule has 2 aromatic rings. The van der Waals surface area contributed by atoms with E-state index in [1.165, 1.54) is 0 Å². The number of benzene rings is 2. The highest BCUT2D eigenvalue weighted by atomic mass is 16.5. The maximum atomic E-state index is 12.6. The molecule has 29 heavy (non-hydrogen) atoms. The van der Waals surface area contributed by atoms with Gasteiger partial charge in [-0.05, 0) is 25.1 Å². The monoisotopic (exact) mass is 397 g/mol. The highest BCUT2D eigenvalue weighted by Crippen LogP contribution is 2.17. The SMILES string of the molecule is COc1ccccc1CNC(=O)C(C)N1CCN(CCOc2ccccc2)CC1. The lowest BCUT2D eigenvalue weighted by Gasteiger charge is -2.37. The maximum Gasteiger partial charge on any atom is 0.237 e. The van der Waals surface area contributed by atoms with Gasteiger partial charge in [-0.1, -0.05) is 36.4 Å². The molecule has 3 rings (SSSR count). The zero-order valence-corrected chi connectivity index (χ0v) is 17.3. The predicted octanol–water partition coefficient (Wildman–Crippen LogP) is 2.40. The van der Waals surface area contributed by atoms with Crippen molar-refractivity contribution in [3.8, 4) is 11.5 Å². The average molecular weight is 398 g/mol. The van der Waals surface area contributed by atoms with Gasteiger partial charge < -0.3 is 14.8 Å². The second-order valence-corrected chi connectivity index (χ2v) is 7.24. The fourth-order valence-electron chi connectivity index (χ4n) is 3.53. The Morgan fingerprint density at radius 1 is 1.03 bits per heavy atom. The molecule has 1 fully saturated rings. The van der Waals surface area contributed by atoms with E-state index in [-0.39, 0.29) is 11.9 Å². The molecule has 2 aromatic carbocycles. The molecule has 6 nitrogen and oxygen atoms in total. The van der Waals surface area contributed by atoms with Gasteiger partial charge in [0.2, 0.25) is 5.91 Å². The third-order valence-electron chi connectivity index (χ3n) is 5.40. The number of rotatable bonds is 9. The molecule has 0 radical (unpaired) electrons. The standard InChI is InChI=1S/C23H31N3O3/c1-19(23(27)24-18-20-8-6-7-11-22(20)28-2)26-14-12-25(13-15-26)16-17-29-21-9-4-3-5-10-21/h3-11,19H,12-18H2,1-2H3,(H,24,27). The molecule has 0 bridgehead atoms. The van der Waals surface area contributed by atoms with Gasteiger partial charge in [-0.2, -0.15) is 0 Å². The molecule has 0 aliphatic carbocycles. The summed E-state index contributed by atoms with van der Waals surface area (Å²) in [7, 11) is 1.65. The van der Waals surface area contributed by atoms with Crippen molar-refractivity contribution in [1.82, 2.24) is 15.1 Å². The Labute approximate surface area is 173 Å². The molecule has 0 saturated carbocycles. The number of carbonyl (C=O) groups excluding carboxylic acids is 1. The van der Waals surface area contributed by atoms with Gasteiger partial charge >= 0.3 is 0 Å². The van der Waals surface area contributed by atoms with Crippen LogP contribution in [0.4, 0.5) is 0 Å². The van der Waals surface area contributed by atoms with E-state index in [1.54, 1.807) is 7.11 Å². The van der Waals surface area contributed by atoms with Crippen molar-refractivity contribution in [2.24, 2.45) is 0 Å². The fraction of sp³-hybridized carbons (Fsp3) is 0.435. The molecule has 1 aliphatic rings. The van der Waals surface area contributed by atoms with Crippen LogP contribution in [-0.4, -0.2) is 68.2 Å².